The third-order valence-electron chi connectivity index (χ3n) is 9.71. The Hall–Kier alpha value is -0.920. The molecule has 7 saturated carbocycles. The third kappa shape index (κ3) is 0.450. The van der Waals surface area contributed by atoms with E-state index in [1.165, 1.54) is 12.8 Å². The van der Waals surface area contributed by atoms with Crippen LogP contribution < -0.4 is 0 Å². The highest BCUT2D eigenvalue weighted by Gasteiger charge is 3.00. The highest BCUT2D eigenvalue weighted by Crippen LogP contribution is 2.97. The zero-order valence-corrected chi connectivity index (χ0v) is 11.2. The zero-order chi connectivity index (χ0) is 12.8. The summed E-state index contributed by atoms with van der Waals surface area (Å²) in [6.07, 6.45) is 7.30. The van der Waals surface area contributed by atoms with Crippen molar-refractivity contribution in [1.82, 2.24) is 0 Å². The van der Waals surface area contributed by atoms with Crippen molar-refractivity contribution in [2.24, 2.45) is 70.0 Å². The number of carbonyl (C=O) groups excluding carboxylic acids is 2. The molecule has 2 spiro atoms. The molecule has 0 saturated heterocycles. The predicted octanol–water partition coefficient (Wildman–Crippen LogP) is 1.70. The van der Waals surface area contributed by atoms with Gasteiger partial charge in [0.05, 0.1) is 10.8 Å². The van der Waals surface area contributed by atoms with Gasteiger partial charge in [0.1, 0.15) is 11.6 Å². The quantitative estimate of drug-likeness (QED) is 0.624. The fraction of sp³-hybridized carbons (Fsp3) is 0.778. The lowest BCUT2D eigenvalue weighted by atomic mass is 9.28. The second-order valence-electron chi connectivity index (χ2n) is 9.13. The number of ketones is 2. The molecule has 4 bridgehead atoms. The molecule has 0 radical (unpaired) electrons. The van der Waals surface area contributed by atoms with Crippen LogP contribution >= 0.6 is 0 Å². The van der Waals surface area contributed by atoms with Gasteiger partial charge in [-0.1, -0.05) is 12.2 Å². The van der Waals surface area contributed by atoms with Gasteiger partial charge in [-0.05, 0) is 60.2 Å². The first kappa shape index (κ1) is 9.17. The second kappa shape index (κ2) is 2.02. The van der Waals surface area contributed by atoms with Gasteiger partial charge in [0.15, 0.2) is 0 Å². The minimum absolute atomic E-state index is 0.164. The maximum absolute atomic E-state index is 13.4. The van der Waals surface area contributed by atoms with Gasteiger partial charge < -0.3 is 0 Å². The van der Waals surface area contributed by atoms with Gasteiger partial charge in [-0.3, -0.25) is 9.59 Å². The van der Waals surface area contributed by atoms with E-state index in [0.29, 0.717) is 47.1 Å². The van der Waals surface area contributed by atoms with E-state index in [2.05, 4.69) is 12.2 Å². The van der Waals surface area contributed by atoms with Crippen LogP contribution in [-0.2, 0) is 9.59 Å². The van der Waals surface area contributed by atoms with Crippen LogP contribution in [0.2, 0.25) is 0 Å². The summed E-state index contributed by atoms with van der Waals surface area (Å²) in [4.78, 5) is 26.7. The summed E-state index contributed by atoms with van der Waals surface area (Å²) >= 11 is 0. The Morgan fingerprint density at radius 1 is 0.750 bits per heavy atom. The van der Waals surface area contributed by atoms with Gasteiger partial charge in [0.2, 0.25) is 0 Å². The SMILES string of the molecule is O=C1[C@@H]2[C@H]3C[C@H]4[C@@H]2C(=O)[C@]25[C@H]4[C@H]3[C@]12[C@H]1C=C[C@@H]5[C@@H]2C[C@@H]21. The number of hydrogen-bond acceptors (Lipinski definition) is 2. The average Bonchev–Trinajstić information content (AvgIpc) is 3.02. The third-order valence-corrected chi connectivity index (χ3v) is 9.71. The molecule has 9 rings (SSSR count). The lowest BCUT2D eigenvalue weighted by Crippen LogP contribution is -2.76. The summed E-state index contributed by atoms with van der Waals surface area (Å²) in [6.45, 7) is 0. The molecule has 0 N–H and O–H groups in total. The van der Waals surface area contributed by atoms with Crippen LogP contribution in [0, 0.1) is 70.0 Å². The summed E-state index contributed by atoms with van der Waals surface area (Å²) in [5.41, 5.74) is -0.328. The van der Waals surface area contributed by atoms with Gasteiger partial charge in [-0.2, -0.15) is 0 Å². The summed E-state index contributed by atoms with van der Waals surface area (Å²) in [6, 6.07) is 0. The van der Waals surface area contributed by atoms with E-state index in [4.69, 9.17) is 0 Å². The Balaban J connectivity index is 1.60. The number of carbonyl (C=O) groups is 2. The molecule has 12 atom stereocenters. The molecule has 9 aliphatic carbocycles. The van der Waals surface area contributed by atoms with Crippen LogP contribution in [0.1, 0.15) is 12.8 Å². The number of rotatable bonds is 0. The van der Waals surface area contributed by atoms with Crippen LogP contribution in [0.15, 0.2) is 12.2 Å². The van der Waals surface area contributed by atoms with Crippen molar-refractivity contribution in [3.8, 4) is 0 Å². The largest absolute Gasteiger partial charge is 0.299 e. The fourth-order valence-corrected chi connectivity index (χ4v) is 10.0. The van der Waals surface area contributed by atoms with Crippen molar-refractivity contribution in [3.05, 3.63) is 12.2 Å². The molecule has 9 aliphatic rings. The molecular formula is C18H16O2. The topological polar surface area (TPSA) is 34.1 Å². The summed E-state index contributed by atoms with van der Waals surface area (Å²) < 4.78 is 0. The van der Waals surface area contributed by atoms with Crippen molar-refractivity contribution in [2.45, 2.75) is 12.8 Å². The molecule has 0 aliphatic heterocycles. The fourth-order valence-electron chi connectivity index (χ4n) is 10.0. The molecule has 0 aromatic rings. The van der Waals surface area contributed by atoms with Crippen LogP contribution in [0.25, 0.3) is 0 Å². The molecule has 7 fully saturated rings. The highest BCUT2D eigenvalue weighted by atomic mass is 16.2. The summed E-state index contributed by atoms with van der Waals surface area (Å²) in [5, 5.41) is 0. The van der Waals surface area contributed by atoms with Crippen molar-refractivity contribution in [1.29, 1.82) is 0 Å². The van der Waals surface area contributed by atoms with Gasteiger partial charge in [0.25, 0.3) is 0 Å². The van der Waals surface area contributed by atoms with Gasteiger partial charge >= 0.3 is 0 Å². The Kier molecular flexibility index (Phi) is 0.927. The molecule has 2 heteroatoms. The molecule has 0 unspecified atom stereocenters. The van der Waals surface area contributed by atoms with E-state index in [0.717, 1.165) is 11.8 Å². The number of fused-ring (bicyclic) bond motifs is 1. The first-order chi connectivity index (χ1) is 9.75. The summed E-state index contributed by atoms with van der Waals surface area (Å²) in [7, 11) is 0. The number of Topliss-reactive ketones (excluding diaryl/α,β-unsaturated/α-hetero) is 2. The molecular weight excluding hydrogens is 248 g/mol. The van der Waals surface area contributed by atoms with Crippen molar-refractivity contribution >= 4 is 11.6 Å². The Bertz CT molecular complexity index is 663. The van der Waals surface area contributed by atoms with E-state index in [-0.39, 0.29) is 22.7 Å². The first-order valence-electron chi connectivity index (χ1n) is 8.52. The molecule has 0 aromatic heterocycles. The van der Waals surface area contributed by atoms with E-state index < -0.39 is 0 Å². The number of hydrogen-bond donors (Lipinski definition) is 0. The van der Waals surface area contributed by atoms with Gasteiger partial charge in [-0.15, -0.1) is 0 Å². The van der Waals surface area contributed by atoms with Crippen LogP contribution in [0.3, 0.4) is 0 Å². The smallest absolute Gasteiger partial charge is 0.145 e. The zero-order valence-electron chi connectivity index (χ0n) is 11.2. The van der Waals surface area contributed by atoms with E-state index >= 15 is 0 Å². The lowest BCUT2D eigenvalue weighted by Gasteiger charge is -2.71. The van der Waals surface area contributed by atoms with Crippen molar-refractivity contribution in [3.63, 3.8) is 0 Å². The van der Waals surface area contributed by atoms with Crippen LogP contribution in [-0.4, -0.2) is 11.6 Å². The molecule has 2 nitrogen and oxygen atoms in total. The molecule has 100 valence electrons. The summed E-state index contributed by atoms with van der Waals surface area (Å²) in [5.74, 6) is 6.46. The van der Waals surface area contributed by atoms with E-state index in [1.807, 2.05) is 0 Å². The second-order valence-corrected chi connectivity index (χ2v) is 9.13. The first-order valence-corrected chi connectivity index (χ1v) is 8.52. The van der Waals surface area contributed by atoms with Crippen molar-refractivity contribution < 1.29 is 9.59 Å². The van der Waals surface area contributed by atoms with Crippen LogP contribution in [0.5, 0.6) is 0 Å². The van der Waals surface area contributed by atoms with E-state index in [1.54, 1.807) is 0 Å². The normalized spacial score (nSPS) is 81.0. The Labute approximate surface area is 117 Å². The van der Waals surface area contributed by atoms with Gasteiger partial charge in [0, 0.05) is 11.8 Å². The van der Waals surface area contributed by atoms with Crippen molar-refractivity contribution in [2.75, 3.05) is 0 Å². The minimum atomic E-state index is -0.164. The maximum atomic E-state index is 13.4. The molecule has 0 heterocycles. The molecule has 0 aromatic carbocycles. The number of allylic oxidation sites excluding steroid dienone is 2. The highest BCUT2D eigenvalue weighted by molar-refractivity contribution is 6.12. The maximum Gasteiger partial charge on any atom is 0.145 e. The minimum Gasteiger partial charge on any atom is -0.299 e. The predicted molar refractivity (Wildman–Crippen MR) is 68.2 cm³/mol. The monoisotopic (exact) mass is 264 g/mol. The standard InChI is InChI=1S/C18H16O2/c19-15-11-7-4-8-12(11)16(20)18-10-2-1-9(5-3-6(5)10)17(15,18)13(7)14(8)18/h1-2,5-14H,3-4H2/t5-,6+,7+,8-,9-,10+,11+,12-,13-,14+,17+,18-. The molecule has 0 amide bonds. The Morgan fingerprint density at radius 2 is 1.20 bits per heavy atom. The average molecular weight is 264 g/mol. The Morgan fingerprint density at radius 3 is 1.70 bits per heavy atom. The molecule has 20 heavy (non-hydrogen) atoms. The van der Waals surface area contributed by atoms with E-state index in [9.17, 15) is 9.59 Å². The van der Waals surface area contributed by atoms with Crippen LogP contribution in [0.4, 0.5) is 0 Å². The van der Waals surface area contributed by atoms with Gasteiger partial charge in [-0.25, -0.2) is 0 Å². The lowest BCUT2D eigenvalue weighted by molar-refractivity contribution is -0.235.